The van der Waals surface area contributed by atoms with Crippen LogP contribution in [0, 0.1) is 11.3 Å². The predicted octanol–water partition coefficient (Wildman–Crippen LogP) is 2.87. The number of anilines is 1. The zero-order valence-electron chi connectivity index (χ0n) is 16.0. The van der Waals surface area contributed by atoms with Gasteiger partial charge < -0.3 is 9.80 Å². The molecule has 4 rings (SSSR count). The fraction of sp³-hybridized carbons (Fsp3) is 0.350. The van der Waals surface area contributed by atoms with E-state index in [0.29, 0.717) is 29.9 Å². The Morgan fingerprint density at radius 1 is 1.10 bits per heavy atom. The van der Waals surface area contributed by atoms with Gasteiger partial charge in [0.25, 0.3) is 0 Å². The van der Waals surface area contributed by atoms with Crippen LogP contribution in [0.3, 0.4) is 0 Å². The number of benzene rings is 1. The molecule has 0 aliphatic carbocycles. The highest BCUT2D eigenvalue weighted by molar-refractivity contribution is 7.93. The van der Waals surface area contributed by atoms with Crippen molar-refractivity contribution in [3.63, 3.8) is 0 Å². The Morgan fingerprint density at radius 3 is 2.38 bits per heavy atom. The molecule has 1 aliphatic heterocycles. The van der Waals surface area contributed by atoms with Gasteiger partial charge >= 0.3 is 0 Å². The summed E-state index contributed by atoms with van der Waals surface area (Å²) in [6.07, 6.45) is 0. The minimum atomic E-state index is -3.89. The summed E-state index contributed by atoms with van der Waals surface area (Å²) in [5.41, 5.74) is 1.49. The Balaban J connectivity index is 1.85. The number of nitrogens with zero attached hydrogens (tertiary/aromatic N) is 5. The normalized spacial score (nSPS) is 16.6. The number of hydrogen-bond donors (Lipinski definition) is 0. The molecular formula is C20H21N5O2S2. The first-order valence-corrected chi connectivity index (χ1v) is 11.9. The number of para-hydroxylation sites is 2. The van der Waals surface area contributed by atoms with E-state index in [9.17, 15) is 13.7 Å². The Hall–Kier alpha value is -2.54. The third-order valence-electron chi connectivity index (χ3n) is 5.15. The number of thiophene rings is 1. The van der Waals surface area contributed by atoms with Gasteiger partial charge in [-0.1, -0.05) is 25.1 Å². The first-order valence-electron chi connectivity index (χ1n) is 9.45. The molecule has 0 bridgehead atoms. The Labute approximate surface area is 174 Å². The Kier molecular flexibility index (Phi) is 5.50. The second-order valence-electron chi connectivity index (χ2n) is 6.83. The monoisotopic (exact) mass is 427 g/mol. The number of piperazine rings is 1. The summed E-state index contributed by atoms with van der Waals surface area (Å²) in [6.45, 7) is 6.24. The fourth-order valence-corrected chi connectivity index (χ4v) is 6.04. The third-order valence-corrected chi connectivity index (χ3v) is 8.44. The second-order valence-corrected chi connectivity index (χ2v) is 10.0. The number of fused-ring (bicyclic) bond motifs is 1. The van der Waals surface area contributed by atoms with Crippen molar-refractivity contribution in [2.45, 2.75) is 16.4 Å². The molecule has 3 aromatic rings. The first-order chi connectivity index (χ1) is 14.0. The molecule has 0 amide bonds. The zero-order chi connectivity index (χ0) is 20.4. The van der Waals surface area contributed by atoms with Gasteiger partial charge in [-0.25, -0.2) is 18.4 Å². The molecule has 1 unspecified atom stereocenters. The molecule has 0 radical (unpaired) electrons. The maximum Gasteiger partial charge on any atom is 0.209 e. The molecule has 0 spiro atoms. The van der Waals surface area contributed by atoms with Gasteiger partial charge in [0.05, 0.1) is 17.1 Å². The molecule has 7 nitrogen and oxygen atoms in total. The van der Waals surface area contributed by atoms with Crippen molar-refractivity contribution in [3.8, 4) is 6.07 Å². The lowest BCUT2D eigenvalue weighted by atomic mass is 10.2. The van der Waals surface area contributed by atoms with Gasteiger partial charge in [0.15, 0.2) is 11.1 Å². The molecule has 1 fully saturated rings. The molecule has 1 atom stereocenters. The number of nitriles is 1. The maximum absolute atomic E-state index is 13.2. The van der Waals surface area contributed by atoms with E-state index >= 15 is 0 Å². The quantitative estimate of drug-likeness (QED) is 0.618. The summed E-state index contributed by atoms with van der Waals surface area (Å²) >= 11 is 1.11. The van der Waals surface area contributed by atoms with Crippen LogP contribution in [-0.2, 0) is 9.84 Å². The van der Waals surface area contributed by atoms with Gasteiger partial charge in [0.2, 0.25) is 9.84 Å². The van der Waals surface area contributed by atoms with E-state index in [1.165, 1.54) is 6.07 Å². The SMILES string of the molecule is CCN1CCN(c2nc3ccccc3nc2C(C#N)S(=O)(=O)c2cccs2)CC1. The molecule has 0 N–H and O–H groups in total. The van der Waals surface area contributed by atoms with Crippen molar-refractivity contribution in [2.75, 3.05) is 37.6 Å². The molecule has 150 valence electrons. The van der Waals surface area contributed by atoms with Crippen LogP contribution in [0.1, 0.15) is 17.9 Å². The van der Waals surface area contributed by atoms with E-state index in [1.807, 2.05) is 24.3 Å². The van der Waals surface area contributed by atoms with Crippen LogP contribution >= 0.6 is 11.3 Å². The molecule has 2 aromatic heterocycles. The first kappa shape index (κ1) is 19.8. The molecule has 3 heterocycles. The third kappa shape index (κ3) is 3.71. The van der Waals surface area contributed by atoms with Crippen LogP contribution in [0.2, 0.25) is 0 Å². The summed E-state index contributed by atoms with van der Waals surface area (Å²) in [4.78, 5) is 13.7. The van der Waals surface area contributed by atoms with E-state index in [2.05, 4.69) is 21.7 Å². The Morgan fingerprint density at radius 2 is 1.79 bits per heavy atom. The molecule has 1 aliphatic rings. The lowest BCUT2D eigenvalue weighted by molar-refractivity contribution is 0.270. The van der Waals surface area contributed by atoms with E-state index in [1.54, 1.807) is 17.5 Å². The highest BCUT2D eigenvalue weighted by atomic mass is 32.2. The van der Waals surface area contributed by atoms with Crippen molar-refractivity contribution in [1.82, 2.24) is 14.9 Å². The second kappa shape index (κ2) is 8.06. The lowest BCUT2D eigenvalue weighted by Crippen LogP contribution is -2.47. The summed E-state index contributed by atoms with van der Waals surface area (Å²) in [5.74, 6) is 0.492. The minimum absolute atomic E-state index is 0.167. The van der Waals surface area contributed by atoms with Crippen molar-refractivity contribution >= 4 is 38.0 Å². The topological polar surface area (TPSA) is 90.2 Å². The minimum Gasteiger partial charge on any atom is -0.352 e. The van der Waals surface area contributed by atoms with Gasteiger partial charge in [-0.15, -0.1) is 11.3 Å². The van der Waals surface area contributed by atoms with Crippen LogP contribution in [-0.4, -0.2) is 56.0 Å². The van der Waals surface area contributed by atoms with Crippen LogP contribution in [0.25, 0.3) is 11.0 Å². The van der Waals surface area contributed by atoms with E-state index in [-0.39, 0.29) is 9.90 Å². The number of rotatable bonds is 5. The van der Waals surface area contributed by atoms with E-state index in [4.69, 9.17) is 4.98 Å². The largest absolute Gasteiger partial charge is 0.352 e. The number of aromatic nitrogens is 2. The molecule has 0 saturated carbocycles. The van der Waals surface area contributed by atoms with Crippen molar-refractivity contribution in [1.29, 1.82) is 5.26 Å². The zero-order valence-corrected chi connectivity index (χ0v) is 17.7. The molecule has 9 heteroatoms. The number of sulfone groups is 1. The van der Waals surface area contributed by atoms with Gasteiger partial charge in [0, 0.05) is 26.2 Å². The standard InChI is InChI=1S/C20H21N5O2S2/c1-2-24-9-11-25(12-10-24)20-19(22-15-6-3-4-7-16(15)23-20)17(14-21)29(26,27)18-8-5-13-28-18/h3-8,13,17H,2,9-12H2,1H3. The van der Waals surface area contributed by atoms with Gasteiger partial charge in [-0.05, 0) is 30.1 Å². The van der Waals surface area contributed by atoms with Crippen LogP contribution in [0.5, 0.6) is 0 Å². The summed E-state index contributed by atoms with van der Waals surface area (Å²) in [7, 11) is -3.89. The van der Waals surface area contributed by atoms with Gasteiger partial charge in [-0.3, -0.25) is 0 Å². The van der Waals surface area contributed by atoms with Crippen molar-refractivity contribution in [3.05, 3.63) is 47.5 Å². The highest BCUT2D eigenvalue weighted by Gasteiger charge is 2.36. The molecule has 29 heavy (non-hydrogen) atoms. The van der Waals surface area contributed by atoms with Crippen molar-refractivity contribution < 1.29 is 8.42 Å². The smallest absolute Gasteiger partial charge is 0.209 e. The van der Waals surface area contributed by atoms with E-state index in [0.717, 1.165) is 31.0 Å². The van der Waals surface area contributed by atoms with Crippen LogP contribution < -0.4 is 4.90 Å². The summed E-state index contributed by atoms with van der Waals surface area (Å²) in [6, 6.07) is 12.5. The van der Waals surface area contributed by atoms with Crippen LogP contribution in [0.4, 0.5) is 5.82 Å². The van der Waals surface area contributed by atoms with Gasteiger partial charge in [-0.2, -0.15) is 5.26 Å². The molecule has 1 saturated heterocycles. The Bertz CT molecular complexity index is 1150. The molecule has 1 aromatic carbocycles. The van der Waals surface area contributed by atoms with E-state index < -0.39 is 15.1 Å². The molecular weight excluding hydrogens is 406 g/mol. The summed E-state index contributed by atoms with van der Waals surface area (Å²) < 4.78 is 26.5. The maximum atomic E-state index is 13.2. The average Bonchev–Trinajstić information content (AvgIpc) is 3.30. The van der Waals surface area contributed by atoms with Crippen LogP contribution in [0.15, 0.2) is 46.0 Å². The summed E-state index contributed by atoms with van der Waals surface area (Å²) in [5, 5.41) is 10.2. The number of hydrogen-bond acceptors (Lipinski definition) is 8. The number of likely N-dealkylation sites (N-methyl/N-ethyl adjacent to an activating group) is 1. The fourth-order valence-electron chi connectivity index (χ4n) is 3.51. The average molecular weight is 428 g/mol. The van der Waals surface area contributed by atoms with Gasteiger partial charge in [0.1, 0.15) is 9.90 Å². The van der Waals surface area contributed by atoms with Crippen molar-refractivity contribution in [2.24, 2.45) is 0 Å². The highest BCUT2D eigenvalue weighted by Crippen LogP contribution is 2.35. The lowest BCUT2D eigenvalue weighted by Gasteiger charge is -2.35. The predicted molar refractivity (Wildman–Crippen MR) is 114 cm³/mol.